The molecule has 0 aliphatic heterocycles. The van der Waals surface area contributed by atoms with E-state index in [1.165, 1.54) is 5.56 Å². The average Bonchev–Trinajstić information content (AvgIpc) is 2.34. The molecule has 0 aromatic heterocycles. The van der Waals surface area contributed by atoms with Crippen LogP contribution in [0.5, 0.6) is 5.75 Å². The molecule has 1 aromatic rings. The van der Waals surface area contributed by atoms with Crippen molar-refractivity contribution < 1.29 is 4.74 Å². The fourth-order valence-corrected chi connectivity index (χ4v) is 2.86. The minimum Gasteiger partial charge on any atom is -0.494 e. The summed E-state index contributed by atoms with van der Waals surface area (Å²) < 4.78 is 5.17. The van der Waals surface area contributed by atoms with Gasteiger partial charge in [-0.15, -0.1) is 0 Å². The lowest BCUT2D eigenvalue weighted by atomic mass is 9.90. The molecule has 0 heterocycles. The second-order valence-corrected chi connectivity index (χ2v) is 5.25. The lowest BCUT2D eigenvalue weighted by molar-refractivity contribution is 0.415. The summed E-state index contributed by atoms with van der Waals surface area (Å²) in [6.07, 6.45) is 4.35. The summed E-state index contributed by atoms with van der Waals surface area (Å²) >= 11 is 12.4. The maximum absolute atomic E-state index is 6.18. The van der Waals surface area contributed by atoms with Crippen LogP contribution in [0.15, 0.2) is 12.1 Å². The fraction of sp³-hybridized carbons (Fsp3) is 0.571. The SMILES string of the molecule is CCCC(CCCN)c1cc(Cl)c(OC)c(Cl)c1. The second-order valence-electron chi connectivity index (χ2n) is 4.43. The maximum atomic E-state index is 6.18. The molecule has 0 fully saturated rings. The van der Waals surface area contributed by atoms with Gasteiger partial charge in [-0.1, -0.05) is 36.5 Å². The van der Waals surface area contributed by atoms with Gasteiger partial charge in [0.1, 0.15) is 0 Å². The van der Waals surface area contributed by atoms with Crippen molar-refractivity contribution in [2.24, 2.45) is 5.73 Å². The van der Waals surface area contributed by atoms with Gasteiger partial charge in [-0.3, -0.25) is 0 Å². The number of nitrogens with two attached hydrogens (primary N) is 1. The first kappa shape index (κ1) is 15.6. The van der Waals surface area contributed by atoms with E-state index in [0.29, 0.717) is 21.7 Å². The van der Waals surface area contributed by atoms with E-state index in [-0.39, 0.29) is 0 Å². The summed E-state index contributed by atoms with van der Waals surface area (Å²) in [7, 11) is 1.57. The van der Waals surface area contributed by atoms with Gasteiger partial charge in [0.05, 0.1) is 17.2 Å². The molecule has 0 radical (unpaired) electrons. The zero-order chi connectivity index (χ0) is 13.5. The van der Waals surface area contributed by atoms with E-state index in [2.05, 4.69) is 6.92 Å². The highest BCUT2D eigenvalue weighted by atomic mass is 35.5. The first-order chi connectivity index (χ1) is 8.63. The quantitative estimate of drug-likeness (QED) is 0.795. The Bertz CT molecular complexity index is 359. The smallest absolute Gasteiger partial charge is 0.156 e. The third-order valence-electron chi connectivity index (χ3n) is 3.09. The summed E-state index contributed by atoms with van der Waals surface area (Å²) in [6, 6.07) is 3.92. The van der Waals surface area contributed by atoms with Crippen LogP contribution in [-0.4, -0.2) is 13.7 Å². The summed E-state index contributed by atoms with van der Waals surface area (Å²) in [4.78, 5) is 0. The molecule has 2 nitrogen and oxygen atoms in total. The van der Waals surface area contributed by atoms with Crippen molar-refractivity contribution >= 4 is 23.2 Å². The van der Waals surface area contributed by atoms with E-state index in [1.807, 2.05) is 12.1 Å². The van der Waals surface area contributed by atoms with Gasteiger partial charge >= 0.3 is 0 Å². The molecule has 0 amide bonds. The lowest BCUT2D eigenvalue weighted by Gasteiger charge is -2.18. The molecule has 1 atom stereocenters. The van der Waals surface area contributed by atoms with Crippen LogP contribution in [0.1, 0.15) is 44.1 Å². The van der Waals surface area contributed by atoms with Gasteiger partial charge in [0, 0.05) is 0 Å². The van der Waals surface area contributed by atoms with Crippen molar-refractivity contribution in [3.8, 4) is 5.75 Å². The standard InChI is InChI=1S/C14H21Cl2NO/c1-3-5-10(6-4-7-17)11-8-12(15)14(18-2)13(16)9-11/h8-10H,3-7,17H2,1-2H3. The van der Waals surface area contributed by atoms with E-state index in [1.54, 1.807) is 7.11 Å². The number of halogens is 2. The Morgan fingerprint density at radius 1 is 1.22 bits per heavy atom. The average molecular weight is 290 g/mol. The van der Waals surface area contributed by atoms with Gasteiger partial charge in [0.25, 0.3) is 0 Å². The van der Waals surface area contributed by atoms with Gasteiger partial charge in [-0.25, -0.2) is 0 Å². The van der Waals surface area contributed by atoms with Gasteiger partial charge < -0.3 is 10.5 Å². The van der Waals surface area contributed by atoms with E-state index in [9.17, 15) is 0 Å². The Balaban J connectivity index is 2.97. The zero-order valence-corrected chi connectivity index (χ0v) is 12.5. The number of ether oxygens (including phenoxy) is 1. The van der Waals surface area contributed by atoms with E-state index >= 15 is 0 Å². The Morgan fingerprint density at radius 2 is 1.83 bits per heavy atom. The minimum absolute atomic E-state index is 0.472. The van der Waals surface area contributed by atoms with Crippen LogP contribution in [-0.2, 0) is 0 Å². The van der Waals surface area contributed by atoms with Crippen LogP contribution < -0.4 is 10.5 Å². The van der Waals surface area contributed by atoms with Crippen LogP contribution in [0.3, 0.4) is 0 Å². The molecule has 4 heteroatoms. The molecule has 0 aliphatic carbocycles. The highest BCUT2D eigenvalue weighted by Gasteiger charge is 2.15. The number of rotatable bonds is 7. The normalized spacial score (nSPS) is 12.5. The van der Waals surface area contributed by atoms with Crippen LogP contribution in [0, 0.1) is 0 Å². The summed E-state index contributed by atoms with van der Waals surface area (Å²) in [6.45, 7) is 2.90. The molecule has 102 valence electrons. The molecule has 0 aliphatic rings. The molecular weight excluding hydrogens is 269 g/mol. The van der Waals surface area contributed by atoms with Crippen molar-refractivity contribution in [3.05, 3.63) is 27.7 Å². The van der Waals surface area contributed by atoms with Crippen LogP contribution in [0.25, 0.3) is 0 Å². The highest BCUT2D eigenvalue weighted by molar-refractivity contribution is 6.37. The molecule has 18 heavy (non-hydrogen) atoms. The Labute approximate surface area is 119 Å². The second kappa shape index (κ2) is 7.88. The lowest BCUT2D eigenvalue weighted by Crippen LogP contribution is -2.05. The van der Waals surface area contributed by atoms with Crippen LogP contribution in [0.4, 0.5) is 0 Å². The number of hydrogen-bond acceptors (Lipinski definition) is 2. The predicted molar refractivity (Wildman–Crippen MR) is 79.0 cm³/mol. The monoisotopic (exact) mass is 289 g/mol. The summed E-state index contributed by atoms with van der Waals surface area (Å²) in [5, 5.41) is 1.16. The molecule has 1 unspecified atom stereocenters. The molecule has 0 saturated heterocycles. The summed E-state index contributed by atoms with van der Waals surface area (Å²) in [5.74, 6) is 1.02. The van der Waals surface area contributed by atoms with Crippen LogP contribution >= 0.6 is 23.2 Å². The van der Waals surface area contributed by atoms with E-state index in [4.69, 9.17) is 33.7 Å². The van der Waals surface area contributed by atoms with Crippen molar-refractivity contribution in [2.45, 2.75) is 38.5 Å². The molecule has 0 saturated carbocycles. The van der Waals surface area contributed by atoms with Gasteiger partial charge in [0.15, 0.2) is 5.75 Å². The molecular formula is C14H21Cl2NO. The molecule has 1 rings (SSSR count). The third kappa shape index (κ3) is 4.04. The third-order valence-corrected chi connectivity index (χ3v) is 3.65. The van der Waals surface area contributed by atoms with Gasteiger partial charge in [-0.2, -0.15) is 0 Å². The highest BCUT2D eigenvalue weighted by Crippen LogP contribution is 2.38. The first-order valence-corrected chi connectivity index (χ1v) is 7.12. The molecule has 0 spiro atoms. The number of methoxy groups -OCH3 is 1. The first-order valence-electron chi connectivity index (χ1n) is 6.37. The molecule has 1 aromatic carbocycles. The topological polar surface area (TPSA) is 35.2 Å². The Kier molecular flexibility index (Phi) is 6.83. The van der Waals surface area contributed by atoms with Crippen molar-refractivity contribution in [3.63, 3.8) is 0 Å². The molecule has 2 N–H and O–H groups in total. The number of hydrogen-bond donors (Lipinski definition) is 1. The largest absolute Gasteiger partial charge is 0.494 e. The van der Waals surface area contributed by atoms with E-state index in [0.717, 1.165) is 32.2 Å². The maximum Gasteiger partial charge on any atom is 0.156 e. The van der Waals surface area contributed by atoms with Crippen molar-refractivity contribution in [1.29, 1.82) is 0 Å². The minimum atomic E-state index is 0.472. The Morgan fingerprint density at radius 3 is 2.28 bits per heavy atom. The van der Waals surface area contributed by atoms with Crippen LogP contribution in [0.2, 0.25) is 10.0 Å². The van der Waals surface area contributed by atoms with Crippen molar-refractivity contribution in [2.75, 3.05) is 13.7 Å². The van der Waals surface area contributed by atoms with Crippen molar-refractivity contribution in [1.82, 2.24) is 0 Å². The predicted octanol–water partition coefficient (Wildman–Crippen LogP) is 4.62. The van der Waals surface area contributed by atoms with Gasteiger partial charge in [-0.05, 0) is 49.4 Å². The fourth-order valence-electron chi connectivity index (χ4n) is 2.20. The van der Waals surface area contributed by atoms with Gasteiger partial charge in [0.2, 0.25) is 0 Å². The Hall–Kier alpha value is -0.440. The summed E-state index contributed by atoms with van der Waals surface area (Å²) in [5.41, 5.74) is 6.77. The zero-order valence-electron chi connectivity index (χ0n) is 11.0. The molecule has 0 bridgehead atoms. The van der Waals surface area contributed by atoms with E-state index < -0.39 is 0 Å². The number of benzene rings is 1.